The fraction of sp³-hybridized carbons (Fsp3) is 0.571. The van der Waals surface area contributed by atoms with E-state index in [1.165, 1.54) is 10.6 Å². The molecule has 2 aliphatic rings. The van der Waals surface area contributed by atoms with Crippen molar-refractivity contribution in [3.8, 4) is 23.3 Å². The van der Waals surface area contributed by atoms with E-state index in [1.807, 2.05) is 32.0 Å². The number of carbonyl (C=O) groups is 1. The molecule has 1 aromatic rings. The van der Waals surface area contributed by atoms with Crippen molar-refractivity contribution in [3.63, 3.8) is 0 Å². The van der Waals surface area contributed by atoms with E-state index < -0.39 is 10.0 Å². The average Bonchev–Trinajstić information content (AvgIpc) is 2.98. The summed E-state index contributed by atoms with van der Waals surface area (Å²) in [5, 5.41) is 2.80. The van der Waals surface area contributed by atoms with Crippen LogP contribution in [-0.2, 0) is 21.2 Å². The Balaban J connectivity index is 1.40. The number of fused-ring (bicyclic) bond motifs is 1. The summed E-state index contributed by atoms with van der Waals surface area (Å²) in [4.78, 5) is 12.2. The number of ether oxygens (including phenoxy) is 2. The van der Waals surface area contributed by atoms with E-state index in [9.17, 15) is 13.2 Å². The molecule has 7 nitrogen and oxygen atoms in total. The molecule has 1 saturated heterocycles. The van der Waals surface area contributed by atoms with Crippen molar-refractivity contribution in [2.75, 3.05) is 32.5 Å². The molecule has 8 heteroatoms. The summed E-state index contributed by atoms with van der Waals surface area (Å²) < 4.78 is 36.1. The molecule has 3 rings (SSSR count). The lowest BCUT2D eigenvalue weighted by molar-refractivity contribution is -0.125. The second-order valence-electron chi connectivity index (χ2n) is 8.08. The van der Waals surface area contributed by atoms with Crippen molar-refractivity contribution in [2.45, 2.75) is 38.7 Å². The Hall–Kier alpha value is -2.24. The van der Waals surface area contributed by atoms with E-state index in [1.54, 1.807) is 0 Å². The van der Waals surface area contributed by atoms with Crippen LogP contribution in [0.4, 0.5) is 0 Å². The zero-order chi connectivity index (χ0) is 21.1. The van der Waals surface area contributed by atoms with Crippen molar-refractivity contribution in [2.24, 2.45) is 5.92 Å². The third-order valence-electron chi connectivity index (χ3n) is 5.12. The zero-order valence-corrected chi connectivity index (χ0v) is 18.0. The lowest BCUT2D eigenvalue weighted by Crippen LogP contribution is -2.42. The lowest BCUT2D eigenvalue weighted by atomic mass is 9.97. The van der Waals surface area contributed by atoms with Gasteiger partial charge in [0.1, 0.15) is 12.2 Å². The second-order valence-corrected chi connectivity index (χ2v) is 10.1. The van der Waals surface area contributed by atoms with E-state index in [-0.39, 0.29) is 30.6 Å². The van der Waals surface area contributed by atoms with E-state index in [4.69, 9.17) is 9.47 Å². The van der Waals surface area contributed by atoms with Gasteiger partial charge in [0.2, 0.25) is 15.9 Å². The van der Waals surface area contributed by atoms with Crippen molar-refractivity contribution < 1.29 is 22.7 Å². The van der Waals surface area contributed by atoms with Gasteiger partial charge in [-0.3, -0.25) is 4.79 Å². The number of benzene rings is 1. The van der Waals surface area contributed by atoms with Crippen LogP contribution in [0.5, 0.6) is 11.5 Å². The summed E-state index contributed by atoms with van der Waals surface area (Å²) >= 11 is 0. The molecule has 158 valence electrons. The molecule has 1 N–H and O–H groups in total. The van der Waals surface area contributed by atoms with Crippen LogP contribution in [0, 0.1) is 17.8 Å². The first-order valence-electron chi connectivity index (χ1n) is 9.78. The summed E-state index contributed by atoms with van der Waals surface area (Å²) in [5.41, 5.74) is 0.907. The van der Waals surface area contributed by atoms with Crippen LogP contribution in [0.2, 0.25) is 0 Å². The standard InChI is InChI=1S/C21H28N2O5S/c1-21(2)15-17-7-6-8-18(19(17)28-21)27-14-5-4-11-22-20(24)16-9-12-23(13-10-16)29(3,25)26/h6-8,16H,9-15H2,1-3H3,(H,22,24). The highest BCUT2D eigenvalue weighted by Crippen LogP contribution is 2.41. The Bertz CT molecular complexity index is 922. The number of nitrogens with one attached hydrogen (secondary N) is 1. The Morgan fingerprint density at radius 1 is 1.31 bits per heavy atom. The van der Waals surface area contributed by atoms with Crippen LogP contribution in [-0.4, -0.2) is 56.7 Å². The number of para-hydroxylation sites is 1. The molecule has 0 aliphatic carbocycles. The van der Waals surface area contributed by atoms with Gasteiger partial charge in [-0.05, 0) is 32.8 Å². The first-order chi connectivity index (χ1) is 13.7. The van der Waals surface area contributed by atoms with Gasteiger partial charge in [0.15, 0.2) is 11.5 Å². The molecular weight excluding hydrogens is 392 g/mol. The van der Waals surface area contributed by atoms with Crippen molar-refractivity contribution in [3.05, 3.63) is 23.8 Å². The molecule has 0 spiro atoms. The number of rotatable bonds is 5. The quantitative estimate of drug-likeness (QED) is 0.731. The van der Waals surface area contributed by atoms with E-state index >= 15 is 0 Å². The summed E-state index contributed by atoms with van der Waals surface area (Å²) in [6, 6.07) is 5.85. The Morgan fingerprint density at radius 2 is 2.03 bits per heavy atom. The molecule has 2 aliphatic heterocycles. The molecule has 0 aromatic heterocycles. The summed E-state index contributed by atoms with van der Waals surface area (Å²) in [5.74, 6) is 7.01. The number of nitrogens with zero attached hydrogens (tertiary/aromatic N) is 1. The second kappa shape index (κ2) is 8.64. The minimum absolute atomic E-state index is 0.0788. The Morgan fingerprint density at radius 3 is 2.72 bits per heavy atom. The monoisotopic (exact) mass is 420 g/mol. The number of hydrogen-bond donors (Lipinski definition) is 1. The molecule has 0 radical (unpaired) electrons. The molecule has 29 heavy (non-hydrogen) atoms. The number of carbonyl (C=O) groups excluding carboxylic acids is 1. The molecule has 0 saturated carbocycles. The van der Waals surface area contributed by atoms with Gasteiger partial charge < -0.3 is 14.8 Å². The van der Waals surface area contributed by atoms with Crippen LogP contribution in [0.1, 0.15) is 32.3 Å². The number of amides is 1. The maximum Gasteiger partial charge on any atom is 0.223 e. The molecule has 0 atom stereocenters. The predicted octanol–water partition coefficient (Wildman–Crippen LogP) is 1.57. The number of piperidine rings is 1. The van der Waals surface area contributed by atoms with E-state index in [2.05, 4.69) is 17.2 Å². The maximum absolute atomic E-state index is 12.2. The van der Waals surface area contributed by atoms with Gasteiger partial charge in [-0.25, -0.2) is 12.7 Å². The minimum atomic E-state index is -3.18. The summed E-state index contributed by atoms with van der Waals surface area (Å²) in [6.07, 6.45) is 3.11. The molecule has 1 fully saturated rings. The Kier molecular flexibility index (Phi) is 6.39. The van der Waals surface area contributed by atoms with Crippen LogP contribution in [0.3, 0.4) is 0 Å². The molecular formula is C21H28N2O5S. The lowest BCUT2D eigenvalue weighted by Gasteiger charge is -2.29. The van der Waals surface area contributed by atoms with Crippen molar-refractivity contribution in [1.29, 1.82) is 0 Å². The van der Waals surface area contributed by atoms with E-state index in [0.29, 0.717) is 31.7 Å². The Labute approximate surface area is 172 Å². The number of hydrogen-bond acceptors (Lipinski definition) is 5. The van der Waals surface area contributed by atoms with Crippen LogP contribution >= 0.6 is 0 Å². The van der Waals surface area contributed by atoms with Gasteiger partial charge in [0, 0.05) is 31.0 Å². The smallest absolute Gasteiger partial charge is 0.223 e. The molecule has 2 heterocycles. The van der Waals surface area contributed by atoms with Gasteiger partial charge in [0.25, 0.3) is 0 Å². The first-order valence-corrected chi connectivity index (χ1v) is 11.6. The molecule has 1 amide bonds. The summed E-state index contributed by atoms with van der Waals surface area (Å²) in [6.45, 7) is 5.32. The SMILES string of the molecule is CC1(C)Cc2cccc(OCC#CCNC(=O)C3CCN(S(C)(=O)=O)CC3)c2O1. The highest BCUT2D eigenvalue weighted by atomic mass is 32.2. The molecule has 1 aromatic carbocycles. The van der Waals surface area contributed by atoms with E-state index in [0.717, 1.165) is 17.7 Å². The van der Waals surface area contributed by atoms with Gasteiger partial charge in [-0.2, -0.15) is 0 Å². The van der Waals surface area contributed by atoms with Crippen molar-refractivity contribution in [1.82, 2.24) is 9.62 Å². The van der Waals surface area contributed by atoms with Crippen LogP contribution in [0.15, 0.2) is 18.2 Å². The maximum atomic E-state index is 12.2. The average molecular weight is 421 g/mol. The van der Waals surface area contributed by atoms with Crippen molar-refractivity contribution >= 4 is 15.9 Å². The fourth-order valence-electron chi connectivity index (χ4n) is 3.65. The van der Waals surface area contributed by atoms with Gasteiger partial charge in [-0.1, -0.05) is 24.0 Å². The minimum Gasteiger partial charge on any atom is -0.483 e. The third kappa shape index (κ3) is 5.64. The first kappa shape index (κ1) is 21.5. The van der Waals surface area contributed by atoms with Crippen LogP contribution < -0.4 is 14.8 Å². The van der Waals surface area contributed by atoms with Crippen LogP contribution in [0.25, 0.3) is 0 Å². The summed E-state index contributed by atoms with van der Waals surface area (Å²) in [7, 11) is -3.18. The third-order valence-corrected chi connectivity index (χ3v) is 6.43. The molecule has 0 bridgehead atoms. The normalized spacial score (nSPS) is 18.9. The fourth-order valence-corrected chi connectivity index (χ4v) is 4.53. The highest BCUT2D eigenvalue weighted by Gasteiger charge is 2.32. The number of sulfonamides is 1. The molecule has 0 unspecified atom stereocenters. The zero-order valence-electron chi connectivity index (χ0n) is 17.2. The highest BCUT2D eigenvalue weighted by molar-refractivity contribution is 7.88. The van der Waals surface area contributed by atoms with Gasteiger partial charge >= 0.3 is 0 Å². The van der Waals surface area contributed by atoms with Gasteiger partial charge in [0.05, 0.1) is 12.8 Å². The van der Waals surface area contributed by atoms with Gasteiger partial charge in [-0.15, -0.1) is 0 Å². The predicted molar refractivity (Wildman–Crippen MR) is 110 cm³/mol. The topological polar surface area (TPSA) is 84.9 Å². The largest absolute Gasteiger partial charge is 0.483 e.